The number of nitrogens with one attached hydrogen (secondary N) is 1. The highest BCUT2D eigenvalue weighted by molar-refractivity contribution is 6.06. The fourth-order valence-electron chi connectivity index (χ4n) is 3.94. The summed E-state index contributed by atoms with van der Waals surface area (Å²) < 4.78 is 0. The Labute approximate surface area is 148 Å². The van der Waals surface area contributed by atoms with E-state index >= 15 is 0 Å². The molecule has 2 fully saturated rings. The number of para-hydroxylation sites is 1. The smallest absolute Gasteiger partial charge is 0.307 e. The van der Waals surface area contributed by atoms with Crippen LogP contribution in [0.2, 0.25) is 0 Å². The maximum absolute atomic E-state index is 12.6. The van der Waals surface area contributed by atoms with Crippen LogP contribution in [-0.4, -0.2) is 28.7 Å². The van der Waals surface area contributed by atoms with Gasteiger partial charge in [0.15, 0.2) is 5.78 Å². The van der Waals surface area contributed by atoms with Gasteiger partial charge in [-0.2, -0.15) is 0 Å². The van der Waals surface area contributed by atoms with Crippen molar-refractivity contribution in [3.8, 4) is 0 Å². The van der Waals surface area contributed by atoms with Crippen LogP contribution >= 0.6 is 0 Å². The highest BCUT2D eigenvalue weighted by Crippen LogP contribution is 2.29. The molecule has 1 aromatic rings. The molecule has 2 aliphatic rings. The zero-order valence-corrected chi connectivity index (χ0v) is 14.6. The number of amides is 3. The Balaban J connectivity index is 1.58. The molecule has 0 spiro atoms. The molecule has 5 heteroatoms. The first kappa shape index (κ1) is 17.6. The van der Waals surface area contributed by atoms with E-state index in [4.69, 9.17) is 0 Å². The minimum absolute atomic E-state index is 0.0274. The van der Waals surface area contributed by atoms with E-state index in [0.29, 0.717) is 24.4 Å². The van der Waals surface area contributed by atoms with Gasteiger partial charge in [-0.25, -0.2) is 4.79 Å². The van der Waals surface area contributed by atoms with E-state index in [1.807, 2.05) is 18.2 Å². The Hall–Kier alpha value is -2.17. The van der Waals surface area contributed by atoms with Gasteiger partial charge in [-0.3, -0.25) is 14.5 Å². The lowest BCUT2D eigenvalue weighted by atomic mass is 9.85. The van der Waals surface area contributed by atoms with Crippen LogP contribution in [0.15, 0.2) is 30.3 Å². The van der Waals surface area contributed by atoms with E-state index < -0.39 is 12.1 Å². The summed E-state index contributed by atoms with van der Waals surface area (Å²) in [5.74, 6) is 0.394. The number of carbonyl (C=O) groups is 3. The molecule has 1 atom stereocenters. The van der Waals surface area contributed by atoms with E-state index in [2.05, 4.69) is 5.32 Å². The molecule has 1 aliphatic heterocycles. The topological polar surface area (TPSA) is 66.5 Å². The van der Waals surface area contributed by atoms with Crippen molar-refractivity contribution in [3.63, 3.8) is 0 Å². The highest BCUT2D eigenvalue weighted by Gasteiger charge is 2.39. The summed E-state index contributed by atoms with van der Waals surface area (Å²) in [6, 6.07) is 7.91. The molecule has 1 heterocycles. The van der Waals surface area contributed by atoms with Crippen LogP contribution in [0.25, 0.3) is 0 Å². The fraction of sp³-hybridized carbons (Fsp3) is 0.550. The molecule has 1 saturated carbocycles. The highest BCUT2D eigenvalue weighted by atomic mass is 16.2. The minimum atomic E-state index is -0.597. The number of rotatable bonds is 5. The molecule has 1 aromatic carbocycles. The van der Waals surface area contributed by atoms with Crippen molar-refractivity contribution in [2.45, 2.75) is 63.8 Å². The summed E-state index contributed by atoms with van der Waals surface area (Å²) in [5.41, 5.74) is 0.626. The molecule has 3 amide bonds. The number of imide groups is 1. The number of ketones is 1. The zero-order chi connectivity index (χ0) is 17.6. The average Bonchev–Trinajstić information content (AvgIpc) is 3.03. The summed E-state index contributed by atoms with van der Waals surface area (Å²) in [7, 11) is 0. The van der Waals surface area contributed by atoms with Crippen molar-refractivity contribution in [1.29, 1.82) is 0 Å². The lowest BCUT2D eigenvalue weighted by Gasteiger charge is -2.24. The standard InChI is InChI=1S/C20H26N2O3/c23-18(13-11-15-7-3-1-4-8-15)17-12-14-19(24)22(17)20(25)21-16-9-5-2-6-10-16/h2,5-6,9-10,15,17H,1,3-4,7-8,11-14H2,(H,21,25)/t17-/m0/s1. The van der Waals surface area contributed by atoms with Crippen LogP contribution in [-0.2, 0) is 9.59 Å². The Morgan fingerprint density at radius 3 is 2.48 bits per heavy atom. The van der Waals surface area contributed by atoms with Gasteiger partial charge in [0.2, 0.25) is 5.91 Å². The molecular weight excluding hydrogens is 316 g/mol. The molecule has 0 radical (unpaired) electrons. The second-order valence-corrected chi connectivity index (χ2v) is 7.12. The summed E-state index contributed by atoms with van der Waals surface area (Å²) in [5, 5.41) is 2.72. The fourth-order valence-corrected chi connectivity index (χ4v) is 3.94. The predicted octanol–water partition coefficient (Wildman–Crippen LogP) is 4.14. The van der Waals surface area contributed by atoms with Crippen molar-refractivity contribution in [3.05, 3.63) is 30.3 Å². The third kappa shape index (κ3) is 4.47. The molecule has 1 aliphatic carbocycles. The van der Waals surface area contributed by atoms with Gasteiger partial charge in [0.25, 0.3) is 0 Å². The summed E-state index contributed by atoms with van der Waals surface area (Å²) in [6.07, 6.45) is 8.29. The number of carbonyl (C=O) groups excluding carboxylic acids is 3. The van der Waals surface area contributed by atoms with Crippen LogP contribution < -0.4 is 5.32 Å². The van der Waals surface area contributed by atoms with Crippen LogP contribution in [0.3, 0.4) is 0 Å². The van der Waals surface area contributed by atoms with E-state index in [-0.39, 0.29) is 18.1 Å². The van der Waals surface area contributed by atoms with E-state index in [9.17, 15) is 14.4 Å². The molecule has 0 unspecified atom stereocenters. The quantitative estimate of drug-likeness (QED) is 0.874. The van der Waals surface area contributed by atoms with Crippen molar-refractivity contribution in [2.24, 2.45) is 5.92 Å². The van der Waals surface area contributed by atoms with Crippen molar-refractivity contribution < 1.29 is 14.4 Å². The maximum atomic E-state index is 12.6. The van der Waals surface area contributed by atoms with E-state index in [1.54, 1.807) is 12.1 Å². The number of urea groups is 1. The van der Waals surface area contributed by atoms with Crippen molar-refractivity contribution in [2.75, 3.05) is 5.32 Å². The summed E-state index contributed by atoms with van der Waals surface area (Å²) >= 11 is 0. The van der Waals surface area contributed by atoms with E-state index in [0.717, 1.165) is 11.3 Å². The minimum Gasteiger partial charge on any atom is -0.307 e. The second kappa shape index (κ2) is 8.28. The summed E-state index contributed by atoms with van der Waals surface area (Å²) in [4.78, 5) is 38.4. The molecule has 5 nitrogen and oxygen atoms in total. The molecule has 134 valence electrons. The average molecular weight is 342 g/mol. The van der Waals surface area contributed by atoms with Gasteiger partial charge in [0.05, 0.1) is 0 Å². The number of hydrogen-bond acceptors (Lipinski definition) is 3. The molecule has 25 heavy (non-hydrogen) atoms. The van der Waals surface area contributed by atoms with Gasteiger partial charge < -0.3 is 5.32 Å². The second-order valence-electron chi connectivity index (χ2n) is 7.12. The molecular formula is C20H26N2O3. The molecule has 0 aromatic heterocycles. The lowest BCUT2D eigenvalue weighted by molar-refractivity contribution is -0.131. The van der Waals surface area contributed by atoms with Gasteiger partial charge in [0.1, 0.15) is 6.04 Å². The number of likely N-dealkylation sites (tertiary alicyclic amines) is 1. The zero-order valence-electron chi connectivity index (χ0n) is 14.6. The first-order valence-corrected chi connectivity index (χ1v) is 9.36. The van der Waals surface area contributed by atoms with Gasteiger partial charge in [-0.05, 0) is 30.9 Å². The monoisotopic (exact) mass is 342 g/mol. The largest absolute Gasteiger partial charge is 0.329 e. The molecule has 1 saturated heterocycles. The number of anilines is 1. The number of hydrogen-bond donors (Lipinski definition) is 1. The lowest BCUT2D eigenvalue weighted by Crippen LogP contribution is -2.45. The first-order chi connectivity index (χ1) is 12.1. The Kier molecular flexibility index (Phi) is 5.84. The molecule has 1 N–H and O–H groups in total. The molecule has 3 rings (SSSR count). The number of nitrogens with zero attached hydrogens (tertiary/aromatic N) is 1. The first-order valence-electron chi connectivity index (χ1n) is 9.36. The van der Waals surface area contributed by atoms with Crippen LogP contribution in [0, 0.1) is 5.92 Å². The van der Waals surface area contributed by atoms with E-state index in [1.165, 1.54) is 32.1 Å². The van der Waals surface area contributed by atoms with Crippen LogP contribution in [0.5, 0.6) is 0 Å². The van der Waals surface area contributed by atoms with Gasteiger partial charge in [-0.15, -0.1) is 0 Å². The number of benzene rings is 1. The van der Waals surface area contributed by atoms with Crippen molar-refractivity contribution in [1.82, 2.24) is 4.90 Å². The molecule has 0 bridgehead atoms. The van der Waals surface area contributed by atoms with Gasteiger partial charge >= 0.3 is 6.03 Å². The third-order valence-corrected chi connectivity index (χ3v) is 5.35. The Bertz CT molecular complexity index is 623. The van der Waals surface area contributed by atoms with Crippen LogP contribution in [0.4, 0.5) is 10.5 Å². The summed E-state index contributed by atoms with van der Waals surface area (Å²) in [6.45, 7) is 0. The van der Waals surface area contributed by atoms with Gasteiger partial charge in [-0.1, -0.05) is 50.3 Å². The SMILES string of the molecule is O=C(CCC1CCCCC1)[C@@H]1CCC(=O)N1C(=O)Nc1ccccc1. The normalized spacial score (nSPS) is 21.4. The third-order valence-electron chi connectivity index (χ3n) is 5.35. The Morgan fingerprint density at radius 2 is 1.76 bits per heavy atom. The van der Waals surface area contributed by atoms with Gasteiger partial charge in [0, 0.05) is 18.5 Å². The predicted molar refractivity (Wildman–Crippen MR) is 96.1 cm³/mol. The number of Topliss-reactive ketones (excluding diaryl/α,β-unsaturated/α-hetero) is 1. The van der Waals surface area contributed by atoms with Crippen LogP contribution in [0.1, 0.15) is 57.8 Å². The van der Waals surface area contributed by atoms with Crippen molar-refractivity contribution >= 4 is 23.4 Å². The maximum Gasteiger partial charge on any atom is 0.329 e. The Morgan fingerprint density at radius 1 is 1.04 bits per heavy atom.